The Morgan fingerprint density at radius 3 is 2.54 bits per heavy atom. The van der Waals surface area contributed by atoms with Crippen LogP contribution in [0.2, 0.25) is 5.28 Å². The molecule has 0 atom stereocenters. The third kappa shape index (κ3) is 4.43. The molecule has 0 saturated heterocycles. The van der Waals surface area contributed by atoms with Gasteiger partial charge in [0.05, 0.1) is 11.0 Å². The minimum absolute atomic E-state index is 0.162. The summed E-state index contributed by atoms with van der Waals surface area (Å²) < 4.78 is 1.74. The highest BCUT2D eigenvalue weighted by molar-refractivity contribution is 6.29. The van der Waals surface area contributed by atoms with E-state index in [9.17, 15) is 9.59 Å². The lowest BCUT2D eigenvalue weighted by atomic mass is 10.2. The van der Waals surface area contributed by atoms with Gasteiger partial charge in [-0.2, -0.15) is 0 Å². The molecule has 1 aromatic heterocycles. The minimum atomic E-state index is -0.258. The number of aromatic nitrogens is 2. The van der Waals surface area contributed by atoms with E-state index in [1.807, 2.05) is 50.3 Å². The maximum Gasteiger partial charge on any atom is 0.251 e. The number of rotatable bonds is 6. The lowest BCUT2D eigenvalue weighted by Gasteiger charge is -2.13. The number of halogens is 1. The summed E-state index contributed by atoms with van der Waals surface area (Å²) in [5, 5.41) is 5.93. The van der Waals surface area contributed by atoms with Gasteiger partial charge in [0, 0.05) is 51.0 Å². The van der Waals surface area contributed by atoms with E-state index in [1.54, 1.807) is 22.8 Å². The fraction of sp³-hybridized carbons (Fsp3) is 0.250. The Morgan fingerprint density at radius 2 is 1.86 bits per heavy atom. The first-order chi connectivity index (χ1) is 13.3. The van der Waals surface area contributed by atoms with E-state index in [0.717, 1.165) is 16.9 Å². The molecule has 2 aromatic carbocycles. The quantitative estimate of drug-likeness (QED) is 0.667. The summed E-state index contributed by atoms with van der Waals surface area (Å²) in [6.07, 6.45) is 0.179. The molecule has 0 radical (unpaired) electrons. The number of fused-ring (bicyclic) bond motifs is 1. The Bertz CT molecular complexity index is 1010. The number of hydrogen-bond donors (Lipinski definition) is 2. The molecule has 3 aromatic rings. The van der Waals surface area contributed by atoms with Gasteiger partial charge in [0.25, 0.3) is 5.91 Å². The van der Waals surface area contributed by atoms with Crippen LogP contribution in [-0.4, -0.2) is 42.0 Å². The molecule has 28 heavy (non-hydrogen) atoms. The Kier molecular flexibility index (Phi) is 5.84. The average Bonchev–Trinajstić information content (AvgIpc) is 2.95. The number of benzene rings is 2. The number of amides is 2. The van der Waals surface area contributed by atoms with E-state index >= 15 is 0 Å². The zero-order valence-corrected chi connectivity index (χ0v) is 16.7. The Hall–Kier alpha value is -3.06. The monoisotopic (exact) mass is 399 g/mol. The average molecular weight is 400 g/mol. The van der Waals surface area contributed by atoms with Crippen LogP contribution >= 0.6 is 11.6 Å². The Balaban J connectivity index is 1.51. The zero-order valence-electron chi connectivity index (χ0n) is 16.0. The fourth-order valence-corrected chi connectivity index (χ4v) is 2.95. The molecule has 7 nitrogen and oxygen atoms in total. The van der Waals surface area contributed by atoms with Crippen molar-refractivity contribution in [3.8, 4) is 0 Å². The van der Waals surface area contributed by atoms with Crippen LogP contribution < -0.4 is 15.5 Å². The predicted octanol–water partition coefficient (Wildman–Crippen LogP) is 3.05. The van der Waals surface area contributed by atoms with E-state index < -0.39 is 0 Å². The highest BCUT2D eigenvalue weighted by Crippen LogP contribution is 2.19. The molecular weight excluding hydrogens is 378 g/mol. The summed E-state index contributed by atoms with van der Waals surface area (Å²) >= 11 is 6.00. The van der Waals surface area contributed by atoms with Crippen molar-refractivity contribution in [2.75, 3.05) is 30.9 Å². The first-order valence-electron chi connectivity index (χ1n) is 8.82. The second kappa shape index (κ2) is 8.31. The van der Waals surface area contributed by atoms with Gasteiger partial charge in [-0.1, -0.05) is 0 Å². The molecule has 8 heteroatoms. The molecule has 0 aliphatic rings. The van der Waals surface area contributed by atoms with Gasteiger partial charge in [0.1, 0.15) is 0 Å². The van der Waals surface area contributed by atoms with Gasteiger partial charge in [-0.05, 0) is 54.1 Å². The number of carbonyl (C=O) groups is 2. The summed E-state index contributed by atoms with van der Waals surface area (Å²) in [4.78, 5) is 30.6. The third-order valence-electron chi connectivity index (χ3n) is 4.39. The highest BCUT2D eigenvalue weighted by Gasteiger charge is 2.11. The predicted molar refractivity (Wildman–Crippen MR) is 112 cm³/mol. The lowest BCUT2D eigenvalue weighted by molar-refractivity contribution is -0.116. The van der Waals surface area contributed by atoms with E-state index in [4.69, 9.17) is 11.6 Å². The number of nitrogens with zero attached hydrogens (tertiary/aromatic N) is 3. The second-order valence-corrected chi connectivity index (χ2v) is 6.98. The van der Waals surface area contributed by atoms with Crippen molar-refractivity contribution < 1.29 is 9.59 Å². The molecule has 0 bridgehead atoms. The molecule has 2 N–H and O–H groups in total. The number of nitrogens with one attached hydrogen (secondary N) is 2. The summed E-state index contributed by atoms with van der Waals surface area (Å²) in [6.45, 7) is 0.238. The van der Waals surface area contributed by atoms with E-state index in [1.165, 1.54) is 0 Å². The third-order valence-corrected chi connectivity index (χ3v) is 4.73. The van der Waals surface area contributed by atoms with Crippen molar-refractivity contribution in [3.63, 3.8) is 0 Å². The topological polar surface area (TPSA) is 79.3 Å². The number of imidazole rings is 1. The van der Waals surface area contributed by atoms with E-state index in [-0.39, 0.29) is 24.8 Å². The first-order valence-corrected chi connectivity index (χ1v) is 9.20. The largest absolute Gasteiger partial charge is 0.378 e. The van der Waals surface area contributed by atoms with Gasteiger partial charge >= 0.3 is 0 Å². The molecule has 1 heterocycles. The van der Waals surface area contributed by atoms with Crippen molar-refractivity contribution in [2.45, 2.75) is 6.42 Å². The first kappa shape index (κ1) is 19.7. The fourth-order valence-electron chi connectivity index (χ4n) is 2.77. The molecule has 146 valence electrons. The number of hydrogen-bond acceptors (Lipinski definition) is 4. The Morgan fingerprint density at radius 1 is 1.14 bits per heavy atom. The molecule has 0 spiro atoms. The molecule has 3 rings (SSSR count). The SMILES string of the molecule is CN(C)c1ccc(NC(=O)CCNC(=O)c2ccc3c(c2)nc(Cl)n3C)cc1. The molecule has 0 saturated carbocycles. The summed E-state index contributed by atoms with van der Waals surface area (Å²) in [7, 11) is 5.72. The van der Waals surface area contributed by atoms with Crippen LogP contribution in [0.1, 0.15) is 16.8 Å². The van der Waals surface area contributed by atoms with Crippen molar-refractivity contribution in [1.82, 2.24) is 14.9 Å². The second-order valence-electron chi connectivity index (χ2n) is 6.64. The van der Waals surface area contributed by atoms with Crippen LogP contribution in [-0.2, 0) is 11.8 Å². The van der Waals surface area contributed by atoms with Crippen molar-refractivity contribution in [1.29, 1.82) is 0 Å². The van der Waals surface area contributed by atoms with Crippen molar-refractivity contribution in [3.05, 3.63) is 53.3 Å². The number of anilines is 2. The lowest BCUT2D eigenvalue weighted by Crippen LogP contribution is -2.27. The van der Waals surface area contributed by atoms with Gasteiger partial charge < -0.3 is 20.1 Å². The summed E-state index contributed by atoms with van der Waals surface area (Å²) in [5.74, 6) is -0.420. The van der Waals surface area contributed by atoms with Crippen LogP contribution in [0.25, 0.3) is 11.0 Å². The van der Waals surface area contributed by atoms with Gasteiger partial charge in [-0.25, -0.2) is 4.98 Å². The molecular formula is C20H22ClN5O2. The van der Waals surface area contributed by atoms with Gasteiger partial charge in [0.2, 0.25) is 11.2 Å². The van der Waals surface area contributed by atoms with Gasteiger partial charge in [-0.3, -0.25) is 9.59 Å². The summed E-state index contributed by atoms with van der Waals surface area (Å²) in [6, 6.07) is 12.7. The maximum atomic E-state index is 12.3. The van der Waals surface area contributed by atoms with Crippen molar-refractivity contribution >= 4 is 45.8 Å². The van der Waals surface area contributed by atoms with Gasteiger partial charge in [0.15, 0.2) is 0 Å². The van der Waals surface area contributed by atoms with Crippen LogP contribution in [0.5, 0.6) is 0 Å². The van der Waals surface area contributed by atoms with Crippen molar-refractivity contribution in [2.24, 2.45) is 7.05 Å². The van der Waals surface area contributed by atoms with E-state index in [0.29, 0.717) is 16.4 Å². The Labute approximate surface area is 168 Å². The van der Waals surface area contributed by atoms with Gasteiger partial charge in [-0.15, -0.1) is 0 Å². The smallest absolute Gasteiger partial charge is 0.251 e. The molecule has 0 aliphatic heterocycles. The van der Waals surface area contributed by atoms with Crippen LogP contribution in [0.4, 0.5) is 11.4 Å². The van der Waals surface area contributed by atoms with Crippen LogP contribution in [0, 0.1) is 0 Å². The van der Waals surface area contributed by atoms with E-state index in [2.05, 4.69) is 15.6 Å². The summed E-state index contributed by atoms with van der Waals surface area (Å²) in [5.41, 5.74) is 3.75. The standard InChI is InChI=1S/C20H22ClN5O2/c1-25(2)15-7-5-14(6-8-15)23-18(27)10-11-22-19(28)13-4-9-17-16(12-13)24-20(21)26(17)3/h4-9,12H,10-11H2,1-3H3,(H,22,28)(H,23,27). The highest BCUT2D eigenvalue weighted by atomic mass is 35.5. The maximum absolute atomic E-state index is 12.3. The molecule has 0 aliphatic carbocycles. The normalized spacial score (nSPS) is 10.7. The van der Waals surface area contributed by atoms with Crippen LogP contribution in [0.15, 0.2) is 42.5 Å². The van der Waals surface area contributed by atoms with Crippen LogP contribution in [0.3, 0.4) is 0 Å². The molecule has 0 unspecified atom stereocenters. The number of aryl methyl sites for hydroxylation is 1. The molecule has 2 amide bonds. The zero-order chi connectivity index (χ0) is 20.3. The molecule has 0 fully saturated rings. The minimum Gasteiger partial charge on any atom is -0.378 e. The number of carbonyl (C=O) groups excluding carboxylic acids is 2.